The normalized spacial score (nSPS) is 19.9. The van der Waals surface area contributed by atoms with E-state index in [1.54, 1.807) is 57.2 Å². The molecule has 1 fully saturated rings. The van der Waals surface area contributed by atoms with Crippen molar-refractivity contribution in [3.05, 3.63) is 72.1 Å². The van der Waals surface area contributed by atoms with Crippen LogP contribution in [0.15, 0.2) is 66.5 Å². The molecule has 32 heavy (non-hydrogen) atoms. The van der Waals surface area contributed by atoms with Crippen molar-refractivity contribution < 1.29 is 28.2 Å². The van der Waals surface area contributed by atoms with Crippen LogP contribution in [0.2, 0.25) is 0 Å². The quantitative estimate of drug-likeness (QED) is 0.413. The van der Waals surface area contributed by atoms with E-state index in [0.29, 0.717) is 17.1 Å². The van der Waals surface area contributed by atoms with Crippen molar-refractivity contribution in [1.82, 2.24) is 0 Å². The fraction of sp³-hybridized carbons (Fsp3) is 0.320. The van der Waals surface area contributed by atoms with E-state index in [1.165, 1.54) is 0 Å². The number of esters is 2. The first kappa shape index (κ1) is 23.0. The minimum atomic E-state index is -1.15. The first-order valence-electron chi connectivity index (χ1n) is 10.2. The number of nitrogens with zero attached hydrogens (tertiary/aromatic N) is 1. The maximum Gasteiger partial charge on any atom is 0.366 e. The molecular weight excluding hydrogens is 413 g/mol. The molecule has 166 valence electrons. The zero-order valence-corrected chi connectivity index (χ0v) is 18.1. The van der Waals surface area contributed by atoms with Gasteiger partial charge in [-0.15, -0.1) is 0 Å². The summed E-state index contributed by atoms with van der Waals surface area (Å²) in [6.45, 7) is 5.17. The average molecular weight is 437 g/mol. The van der Waals surface area contributed by atoms with Crippen molar-refractivity contribution >= 4 is 11.9 Å². The molecule has 0 unspecified atom stereocenters. The third-order valence-electron chi connectivity index (χ3n) is 5.45. The highest BCUT2D eigenvalue weighted by atomic mass is 19.1. The van der Waals surface area contributed by atoms with Crippen LogP contribution in [0.1, 0.15) is 32.4 Å². The number of halogens is 1. The van der Waals surface area contributed by atoms with Crippen molar-refractivity contribution in [2.75, 3.05) is 6.61 Å². The monoisotopic (exact) mass is 437 g/mol. The molecule has 0 saturated heterocycles. The number of rotatable bonds is 8. The van der Waals surface area contributed by atoms with Crippen molar-refractivity contribution in [3.8, 4) is 17.6 Å². The number of ether oxygens (including phenoxy) is 3. The Morgan fingerprint density at radius 3 is 2.50 bits per heavy atom. The van der Waals surface area contributed by atoms with E-state index in [0.717, 1.165) is 6.08 Å². The molecule has 0 N–H and O–H groups in total. The lowest BCUT2D eigenvalue weighted by Crippen LogP contribution is -2.14. The minimum Gasteiger partial charge on any atom is -0.461 e. The van der Waals surface area contributed by atoms with E-state index < -0.39 is 41.1 Å². The summed E-state index contributed by atoms with van der Waals surface area (Å²) in [5, 5.41) is 9.58. The molecule has 2 aromatic carbocycles. The van der Waals surface area contributed by atoms with Gasteiger partial charge in [0.1, 0.15) is 17.6 Å². The maximum atomic E-state index is 14.0. The van der Waals surface area contributed by atoms with E-state index in [4.69, 9.17) is 9.47 Å². The maximum absolute atomic E-state index is 14.0. The van der Waals surface area contributed by atoms with Crippen LogP contribution in [0, 0.1) is 28.6 Å². The highest BCUT2D eigenvalue weighted by molar-refractivity contribution is 5.87. The zero-order valence-electron chi connectivity index (χ0n) is 18.1. The van der Waals surface area contributed by atoms with E-state index in [1.807, 2.05) is 24.3 Å². The largest absolute Gasteiger partial charge is 0.461 e. The lowest BCUT2D eigenvalue weighted by molar-refractivity contribution is -0.149. The third-order valence-corrected chi connectivity index (χ3v) is 5.45. The number of hydrogen-bond donors (Lipinski definition) is 0. The fourth-order valence-electron chi connectivity index (χ4n) is 3.59. The van der Waals surface area contributed by atoms with Gasteiger partial charge in [0, 0.05) is 5.56 Å². The smallest absolute Gasteiger partial charge is 0.366 e. The number of carbonyl (C=O) groups excluding carboxylic acids is 2. The summed E-state index contributed by atoms with van der Waals surface area (Å²) >= 11 is 0. The number of allylic oxidation sites excluding steroid dienone is 1. The topological polar surface area (TPSA) is 85.6 Å². The summed E-state index contributed by atoms with van der Waals surface area (Å²) in [6, 6.07) is 17.8. The Bertz CT molecular complexity index is 1060. The molecule has 0 heterocycles. The molecule has 1 saturated carbocycles. The van der Waals surface area contributed by atoms with Gasteiger partial charge in [-0.2, -0.15) is 9.65 Å². The fourth-order valence-corrected chi connectivity index (χ4v) is 3.59. The summed E-state index contributed by atoms with van der Waals surface area (Å²) in [5.41, 5.74) is -0.156. The number of carbonyl (C=O) groups is 2. The van der Waals surface area contributed by atoms with E-state index in [9.17, 15) is 19.2 Å². The van der Waals surface area contributed by atoms with E-state index in [2.05, 4.69) is 4.74 Å². The molecule has 0 amide bonds. The minimum absolute atomic E-state index is 0.0521. The number of nitriles is 1. The Hall–Kier alpha value is -3.66. The number of benzene rings is 2. The van der Waals surface area contributed by atoms with Crippen LogP contribution in [0.25, 0.3) is 0 Å². The van der Waals surface area contributed by atoms with Gasteiger partial charge in [-0.05, 0) is 48.6 Å². The molecule has 3 atom stereocenters. The zero-order chi connectivity index (χ0) is 23.3. The molecule has 3 rings (SSSR count). The van der Waals surface area contributed by atoms with E-state index >= 15 is 0 Å². The van der Waals surface area contributed by atoms with Gasteiger partial charge in [0.25, 0.3) is 0 Å². The van der Waals surface area contributed by atoms with Crippen LogP contribution >= 0.6 is 0 Å². The van der Waals surface area contributed by atoms with Gasteiger partial charge >= 0.3 is 11.9 Å². The Labute approximate surface area is 186 Å². The molecule has 0 aromatic heterocycles. The van der Waals surface area contributed by atoms with Gasteiger partial charge in [-0.1, -0.05) is 44.2 Å². The van der Waals surface area contributed by atoms with Gasteiger partial charge in [-0.25, -0.2) is 4.79 Å². The standard InChI is InChI=1S/C25H24FNO5/c1-4-30-23(28)20(26)14-19-22(25(19,2)3)24(29)32-21(15-27)16-9-8-12-18(13-16)31-17-10-6-5-7-11-17/h5-14,19,21-22H,4H2,1-3H3/b20-14-/t19-,21-,22+/m1/s1. The SMILES string of the molecule is CCOC(=O)/C(F)=C/[C@@H]1[C@@H](C(=O)O[C@H](C#N)c2cccc(Oc3ccccc3)c2)C1(C)C. The molecule has 0 spiro atoms. The van der Waals surface area contributed by atoms with E-state index in [-0.39, 0.29) is 6.61 Å². The molecule has 1 aliphatic rings. The molecule has 0 aliphatic heterocycles. The summed E-state index contributed by atoms with van der Waals surface area (Å²) in [6.07, 6.45) is -0.0580. The lowest BCUT2D eigenvalue weighted by atomic mass is 10.1. The molecule has 2 aromatic rings. The second-order valence-corrected chi connectivity index (χ2v) is 7.99. The molecule has 6 nitrogen and oxygen atoms in total. The highest BCUT2D eigenvalue weighted by Crippen LogP contribution is 2.60. The number of para-hydroxylation sites is 1. The molecule has 7 heteroatoms. The average Bonchev–Trinajstić information content (AvgIpc) is 3.32. The molecule has 0 bridgehead atoms. The highest BCUT2D eigenvalue weighted by Gasteiger charge is 2.62. The summed E-state index contributed by atoms with van der Waals surface area (Å²) < 4.78 is 29.9. The van der Waals surface area contributed by atoms with Crippen LogP contribution in [0.3, 0.4) is 0 Å². The van der Waals surface area contributed by atoms with Gasteiger partial charge in [-0.3, -0.25) is 4.79 Å². The summed E-state index contributed by atoms with van der Waals surface area (Å²) in [4.78, 5) is 24.3. The Balaban J connectivity index is 1.70. The molecule has 1 aliphatic carbocycles. The van der Waals surface area contributed by atoms with Gasteiger partial charge < -0.3 is 14.2 Å². The van der Waals surface area contributed by atoms with Crippen molar-refractivity contribution in [3.63, 3.8) is 0 Å². The number of hydrogen-bond acceptors (Lipinski definition) is 6. The van der Waals surface area contributed by atoms with Crippen molar-refractivity contribution in [1.29, 1.82) is 5.26 Å². The first-order chi connectivity index (χ1) is 15.3. The molecule has 0 radical (unpaired) electrons. The Kier molecular flexibility index (Phi) is 6.94. The van der Waals surface area contributed by atoms with Gasteiger partial charge in [0.15, 0.2) is 0 Å². The van der Waals surface area contributed by atoms with Crippen LogP contribution in [0.4, 0.5) is 4.39 Å². The second kappa shape index (κ2) is 9.65. The van der Waals surface area contributed by atoms with Crippen LogP contribution in [-0.4, -0.2) is 18.5 Å². The first-order valence-corrected chi connectivity index (χ1v) is 10.2. The van der Waals surface area contributed by atoms with Crippen molar-refractivity contribution in [2.45, 2.75) is 26.9 Å². The molecular formula is C25H24FNO5. The third kappa shape index (κ3) is 5.14. The Morgan fingerprint density at radius 2 is 1.84 bits per heavy atom. The summed E-state index contributed by atoms with van der Waals surface area (Å²) in [5.74, 6) is -2.82. The van der Waals surface area contributed by atoms with Gasteiger partial charge in [0.05, 0.1) is 12.5 Å². The lowest BCUT2D eigenvalue weighted by Gasteiger charge is -2.13. The Morgan fingerprint density at radius 1 is 1.16 bits per heavy atom. The van der Waals surface area contributed by atoms with Gasteiger partial charge in [0.2, 0.25) is 11.9 Å². The predicted octanol–water partition coefficient (Wildman–Crippen LogP) is 5.28. The van der Waals surface area contributed by atoms with Crippen LogP contribution < -0.4 is 4.74 Å². The van der Waals surface area contributed by atoms with Crippen LogP contribution in [-0.2, 0) is 19.1 Å². The predicted molar refractivity (Wildman–Crippen MR) is 114 cm³/mol. The van der Waals surface area contributed by atoms with Crippen molar-refractivity contribution in [2.24, 2.45) is 17.3 Å². The summed E-state index contributed by atoms with van der Waals surface area (Å²) in [7, 11) is 0. The van der Waals surface area contributed by atoms with Crippen LogP contribution in [0.5, 0.6) is 11.5 Å². The second-order valence-electron chi connectivity index (χ2n) is 7.99.